The molecule has 1 saturated heterocycles. The molecule has 0 amide bonds. The van der Waals surface area contributed by atoms with Crippen LogP contribution in [-0.2, 0) is 18.9 Å². The van der Waals surface area contributed by atoms with Crippen molar-refractivity contribution in [3.8, 4) is 0 Å². The highest BCUT2D eigenvalue weighted by Gasteiger charge is 2.48. The minimum atomic E-state index is -0.517. The lowest BCUT2D eigenvalue weighted by atomic mass is 9.95. The molecule has 0 aromatic rings. The fourth-order valence-corrected chi connectivity index (χ4v) is 2.55. The van der Waals surface area contributed by atoms with Crippen molar-refractivity contribution in [1.29, 1.82) is 0 Å². The van der Waals surface area contributed by atoms with Crippen LogP contribution in [-0.4, -0.2) is 47.4 Å². The molecule has 1 aliphatic rings. The van der Waals surface area contributed by atoms with Crippen LogP contribution >= 0.6 is 0 Å². The van der Waals surface area contributed by atoms with Crippen LogP contribution in [0.4, 0.5) is 0 Å². The Balaban J connectivity index is 3.12. The van der Waals surface area contributed by atoms with Gasteiger partial charge in [0.15, 0.2) is 6.29 Å². The molecule has 5 unspecified atom stereocenters. The lowest BCUT2D eigenvalue weighted by molar-refractivity contribution is -0.329. The topological polar surface area (TPSA) is 62.9 Å². The maximum Gasteiger partial charge on any atom is 0.187 e. The molecule has 1 fully saturated rings. The molecule has 0 radical (unpaired) electrons. The van der Waals surface area contributed by atoms with Crippen LogP contribution in [0.5, 0.6) is 0 Å². The van der Waals surface area contributed by atoms with Gasteiger partial charge in [0.05, 0.1) is 28.9 Å². The number of rotatable bonds is 3. The van der Waals surface area contributed by atoms with E-state index in [0.29, 0.717) is 0 Å². The standard InChI is InChI=1S/C18H37NO4/c1-11-12(19)13(21-16(2,3)4)14(22-17(5,6)7)15(20-11)23-18(8,9)10/h11-15H,19H2,1-10H3. The number of ether oxygens (including phenoxy) is 4. The third-order valence-electron chi connectivity index (χ3n) is 3.31. The lowest BCUT2D eigenvalue weighted by Crippen LogP contribution is -2.65. The Morgan fingerprint density at radius 3 is 1.48 bits per heavy atom. The first-order valence-corrected chi connectivity index (χ1v) is 8.53. The van der Waals surface area contributed by atoms with E-state index in [4.69, 9.17) is 24.7 Å². The predicted octanol–water partition coefficient (Wildman–Crippen LogP) is 3.24. The molecule has 0 aromatic heterocycles. The van der Waals surface area contributed by atoms with Crippen LogP contribution in [0.2, 0.25) is 0 Å². The van der Waals surface area contributed by atoms with E-state index in [1.165, 1.54) is 0 Å². The second kappa shape index (κ2) is 6.96. The Labute approximate surface area is 142 Å². The van der Waals surface area contributed by atoms with E-state index >= 15 is 0 Å². The lowest BCUT2D eigenvalue weighted by Gasteiger charge is -2.48. The van der Waals surface area contributed by atoms with Crippen molar-refractivity contribution in [3.05, 3.63) is 0 Å². The van der Waals surface area contributed by atoms with Crippen molar-refractivity contribution < 1.29 is 18.9 Å². The van der Waals surface area contributed by atoms with E-state index in [1.807, 2.05) is 69.2 Å². The minimum absolute atomic E-state index is 0.172. The second-order valence-corrected chi connectivity index (χ2v) is 9.41. The molecular formula is C18H37NO4. The molecule has 23 heavy (non-hydrogen) atoms. The monoisotopic (exact) mass is 331 g/mol. The van der Waals surface area contributed by atoms with Gasteiger partial charge in [0, 0.05) is 0 Å². The highest BCUT2D eigenvalue weighted by atomic mass is 16.7. The highest BCUT2D eigenvalue weighted by molar-refractivity contribution is 4.95. The van der Waals surface area contributed by atoms with E-state index in [1.54, 1.807) is 0 Å². The van der Waals surface area contributed by atoms with E-state index in [-0.39, 0.29) is 41.2 Å². The van der Waals surface area contributed by atoms with Gasteiger partial charge in [0.1, 0.15) is 12.2 Å². The SMILES string of the molecule is CC1OC(OC(C)(C)C)C(OC(C)(C)C)C(OC(C)(C)C)C1N. The normalized spacial score (nSPS) is 33.8. The summed E-state index contributed by atoms with van der Waals surface area (Å²) >= 11 is 0. The minimum Gasteiger partial charge on any atom is -0.368 e. The third-order valence-corrected chi connectivity index (χ3v) is 3.31. The predicted molar refractivity (Wildman–Crippen MR) is 92.4 cm³/mol. The molecule has 1 aliphatic heterocycles. The molecule has 138 valence electrons. The summed E-state index contributed by atoms with van der Waals surface area (Å²) < 4.78 is 24.7. The van der Waals surface area contributed by atoms with Gasteiger partial charge in [-0.3, -0.25) is 0 Å². The van der Waals surface area contributed by atoms with Crippen molar-refractivity contribution in [2.24, 2.45) is 5.73 Å². The summed E-state index contributed by atoms with van der Waals surface area (Å²) in [6, 6.07) is -0.276. The number of hydrogen-bond donors (Lipinski definition) is 1. The van der Waals surface area contributed by atoms with E-state index in [9.17, 15) is 0 Å². The molecule has 1 rings (SSSR count). The van der Waals surface area contributed by atoms with Crippen LogP contribution < -0.4 is 5.73 Å². The number of nitrogens with two attached hydrogens (primary N) is 1. The van der Waals surface area contributed by atoms with Crippen molar-refractivity contribution in [2.75, 3.05) is 0 Å². The molecule has 0 aromatic carbocycles. The fraction of sp³-hybridized carbons (Fsp3) is 1.00. The zero-order chi connectivity index (χ0) is 18.2. The van der Waals surface area contributed by atoms with Gasteiger partial charge in [0.2, 0.25) is 0 Å². The molecule has 5 heteroatoms. The van der Waals surface area contributed by atoms with Crippen molar-refractivity contribution in [2.45, 2.75) is 117 Å². The molecular weight excluding hydrogens is 294 g/mol. The summed E-state index contributed by atoms with van der Waals surface area (Å²) in [5.74, 6) is 0. The zero-order valence-corrected chi connectivity index (χ0v) is 16.6. The molecule has 2 N–H and O–H groups in total. The average molecular weight is 331 g/mol. The van der Waals surface area contributed by atoms with Crippen LogP contribution in [0.3, 0.4) is 0 Å². The first-order valence-electron chi connectivity index (χ1n) is 8.53. The highest BCUT2D eigenvalue weighted by Crippen LogP contribution is 2.32. The Bertz CT molecular complexity index is 378. The van der Waals surface area contributed by atoms with Crippen LogP contribution in [0.15, 0.2) is 0 Å². The van der Waals surface area contributed by atoms with Gasteiger partial charge in [-0.1, -0.05) is 0 Å². The Morgan fingerprint density at radius 1 is 0.696 bits per heavy atom. The molecule has 0 saturated carbocycles. The summed E-state index contributed by atoms with van der Waals surface area (Å²) in [7, 11) is 0. The van der Waals surface area contributed by atoms with E-state index in [2.05, 4.69) is 0 Å². The first-order chi connectivity index (χ1) is 10.1. The quantitative estimate of drug-likeness (QED) is 0.860. The Hall–Kier alpha value is -0.200. The van der Waals surface area contributed by atoms with Gasteiger partial charge in [0.25, 0.3) is 0 Å². The Morgan fingerprint density at radius 2 is 1.09 bits per heavy atom. The summed E-state index contributed by atoms with van der Waals surface area (Å²) in [5, 5.41) is 0. The van der Waals surface area contributed by atoms with Crippen LogP contribution in [0.1, 0.15) is 69.2 Å². The van der Waals surface area contributed by atoms with Gasteiger partial charge < -0.3 is 24.7 Å². The molecule has 0 bridgehead atoms. The zero-order valence-electron chi connectivity index (χ0n) is 16.6. The van der Waals surface area contributed by atoms with Crippen molar-refractivity contribution >= 4 is 0 Å². The summed E-state index contributed by atoms with van der Waals surface area (Å²) in [4.78, 5) is 0. The summed E-state index contributed by atoms with van der Waals surface area (Å²) in [6.07, 6.45) is -1.38. The second-order valence-electron chi connectivity index (χ2n) is 9.41. The van der Waals surface area contributed by atoms with Gasteiger partial charge in [-0.25, -0.2) is 0 Å². The van der Waals surface area contributed by atoms with Gasteiger partial charge in [-0.2, -0.15) is 0 Å². The smallest absolute Gasteiger partial charge is 0.187 e. The summed E-state index contributed by atoms with van der Waals surface area (Å²) in [5.41, 5.74) is 5.35. The van der Waals surface area contributed by atoms with E-state index in [0.717, 1.165) is 0 Å². The number of hydrogen-bond acceptors (Lipinski definition) is 5. The molecule has 0 spiro atoms. The maximum absolute atomic E-state index is 6.38. The van der Waals surface area contributed by atoms with Crippen LogP contribution in [0, 0.1) is 0 Å². The van der Waals surface area contributed by atoms with Gasteiger partial charge in [-0.05, 0) is 69.2 Å². The van der Waals surface area contributed by atoms with Crippen LogP contribution in [0.25, 0.3) is 0 Å². The first kappa shape index (κ1) is 20.8. The molecule has 1 heterocycles. The summed E-state index contributed by atoms with van der Waals surface area (Å²) in [6.45, 7) is 20.1. The van der Waals surface area contributed by atoms with Crippen molar-refractivity contribution in [3.63, 3.8) is 0 Å². The molecule has 5 nitrogen and oxygen atoms in total. The maximum atomic E-state index is 6.38. The van der Waals surface area contributed by atoms with Gasteiger partial charge in [-0.15, -0.1) is 0 Å². The van der Waals surface area contributed by atoms with Gasteiger partial charge >= 0.3 is 0 Å². The average Bonchev–Trinajstić information content (AvgIpc) is 2.25. The molecule has 5 atom stereocenters. The molecule has 0 aliphatic carbocycles. The third kappa shape index (κ3) is 7.06. The largest absolute Gasteiger partial charge is 0.368 e. The fourth-order valence-electron chi connectivity index (χ4n) is 2.55. The Kier molecular flexibility index (Phi) is 6.31. The van der Waals surface area contributed by atoms with Crippen molar-refractivity contribution in [1.82, 2.24) is 0 Å². The van der Waals surface area contributed by atoms with E-state index < -0.39 is 6.29 Å².